The van der Waals surface area contributed by atoms with Crippen molar-refractivity contribution in [2.75, 3.05) is 0 Å². The number of benzene rings is 1. The zero-order chi connectivity index (χ0) is 8.43. The van der Waals surface area contributed by atoms with Gasteiger partial charge in [-0.05, 0) is 18.2 Å². The van der Waals surface area contributed by atoms with Crippen LogP contribution in [0.4, 0.5) is 4.39 Å². The molecule has 0 saturated heterocycles. The number of hydrogen-bond donors (Lipinski definition) is 1. The van der Waals surface area contributed by atoms with Crippen LogP contribution < -0.4 is 5.46 Å². The van der Waals surface area contributed by atoms with E-state index < -0.39 is 11.8 Å². The van der Waals surface area contributed by atoms with Crippen molar-refractivity contribution in [2.24, 2.45) is 0 Å². The van der Waals surface area contributed by atoms with E-state index in [-0.39, 0.29) is 5.56 Å². The van der Waals surface area contributed by atoms with Crippen LogP contribution in [-0.4, -0.2) is 18.9 Å². The zero-order valence-electron chi connectivity index (χ0n) is 5.97. The van der Waals surface area contributed by atoms with E-state index in [0.29, 0.717) is 5.46 Å². The number of aromatic carboxylic acids is 1. The average molecular weight is 152 g/mol. The van der Waals surface area contributed by atoms with Crippen LogP contribution in [0.1, 0.15) is 10.4 Å². The number of carboxylic acids is 1. The molecular weight excluding hydrogens is 146 g/mol. The Bertz CT molecular complexity index is 298. The maximum absolute atomic E-state index is 12.4. The van der Waals surface area contributed by atoms with Gasteiger partial charge >= 0.3 is 5.97 Å². The van der Waals surface area contributed by atoms with Crippen LogP contribution in [0.2, 0.25) is 0 Å². The van der Waals surface area contributed by atoms with Gasteiger partial charge in [0.05, 0.1) is 5.56 Å². The van der Waals surface area contributed by atoms with Crippen LogP contribution >= 0.6 is 0 Å². The summed E-state index contributed by atoms with van der Waals surface area (Å²) in [6.45, 7) is 0. The second kappa shape index (κ2) is 2.74. The van der Waals surface area contributed by atoms with Crippen LogP contribution in [-0.2, 0) is 0 Å². The topological polar surface area (TPSA) is 37.3 Å². The largest absolute Gasteiger partial charge is 0.478 e. The standard InChI is InChI=1S/C7H6BFO2/c8-6-3-4(9)1-2-5(6)7(10)11/h1-3H,8H2,(H,10,11). The van der Waals surface area contributed by atoms with Gasteiger partial charge in [-0.25, -0.2) is 9.18 Å². The van der Waals surface area contributed by atoms with Crippen molar-refractivity contribution >= 4 is 19.3 Å². The SMILES string of the molecule is Bc1cc(F)ccc1C(=O)O. The molecule has 0 aliphatic rings. The number of halogens is 1. The number of carboxylic acid groups (broad SMARTS) is 1. The molecule has 0 atom stereocenters. The highest BCUT2D eigenvalue weighted by atomic mass is 19.1. The van der Waals surface area contributed by atoms with E-state index in [9.17, 15) is 9.18 Å². The second-order valence-corrected chi connectivity index (χ2v) is 2.26. The fraction of sp³-hybridized carbons (Fsp3) is 0. The Morgan fingerprint density at radius 3 is 2.64 bits per heavy atom. The second-order valence-electron chi connectivity index (χ2n) is 2.26. The van der Waals surface area contributed by atoms with Gasteiger partial charge in [0, 0.05) is 0 Å². The highest BCUT2D eigenvalue weighted by molar-refractivity contribution is 6.36. The molecule has 0 fully saturated rings. The minimum Gasteiger partial charge on any atom is -0.478 e. The lowest BCUT2D eigenvalue weighted by Gasteiger charge is -1.98. The van der Waals surface area contributed by atoms with Gasteiger partial charge in [0.15, 0.2) is 0 Å². The lowest BCUT2D eigenvalue weighted by atomic mass is 9.90. The summed E-state index contributed by atoms with van der Waals surface area (Å²) in [6, 6.07) is 3.59. The van der Waals surface area contributed by atoms with Gasteiger partial charge in [0.1, 0.15) is 13.7 Å². The van der Waals surface area contributed by atoms with Gasteiger partial charge in [-0.2, -0.15) is 0 Å². The zero-order valence-corrected chi connectivity index (χ0v) is 5.97. The molecule has 0 amide bonds. The molecule has 0 unspecified atom stereocenters. The van der Waals surface area contributed by atoms with Gasteiger partial charge in [-0.3, -0.25) is 0 Å². The molecule has 0 saturated carbocycles. The molecule has 1 aromatic carbocycles. The predicted octanol–water partition coefficient (Wildman–Crippen LogP) is -0.218. The first-order chi connectivity index (χ1) is 5.11. The van der Waals surface area contributed by atoms with E-state index in [2.05, 4.69) is 0 Å². The Morgan fingerprint density at radius 1 is 1.55 bits per heavy atom. The van der Waals surface area contributed by atoms with Crippen LogP contribution in [0.25, 0.3) is 0 Å². The maximum Gasteiger partial charge on any atom is 0.335 e. The Labute approximate surface area is 64.1 Å². The molecule has 0 aliphatic carbocycles. The highest BCUT2D eigenvalue weighted by Gasteiger charge is 2.05. The lowest BCUT2D eigenvalue weighted by Crippen LogP contribution is -2.15. The Hall–Kier alpha value is -1.32. The fourth-order valence-corrected chi connectivity index (χ4v) is 0.867. The molecule has 11 heavy (non-hydrogen) atoms. The van der Waals surface area contributed by atoms with Crippen molar-refractivity contribution in [3.05, 3.63) is 29.6 Å². The van der Waals surface area contributed by atoms with Crippen molar-refractivity contribution < 1.29 is 14.3 Å². The molecule has 2 nitrogen and oxygen atoms in total. The molecule has 4 heteroatoms. The summed E-state index contributed by atoms with van der Waals surface area (Å²) in [5.41, 5.74) is 0.587. The first kappa shape index (κ1) is 7.79. The van der Waals surface area contributed by atoms with Crippen molar-refractivity contribution in [1.82, 2.24) is 0 Å². The summed E-state index contributed by atoms with van der Waals surface area (Å²) in [4.78, 5) is 10.4. The first-order valence-corrected chi connectivity index (χ1v) is 3.10. The molecule has 0 aliphatic heterocycles. The van der Waals surface area contributed by atoms with Crippen molar-refractivity contribution in [3.8, 4) is 0 Å². The van der Waals surface area contributed by atoms with Crippen LogP contribution in [0.15, 0.2) is 18.2 Å². The average Bonchev–Trinajstić information content (AvgIpc) is 1.85. The third-order valence-corrected chi connectivity index (χ3v) is 1.42. The van der Waals surface area contributed by atoms with E-state index in [4.69, 9.17) is 5.11 Å². The molecule has 1 N–H and O–H groups in total. The fourth-order valence-electron chi connectivity index (χ4n) is 0.867. The van der Waals surface area contributed by atoms with Gasteiger partial charge in [0.25, 0.3) is 0 Å². The number of rotatable bonds is 1. The monoisotopic (exact) mass is 152 g/mol. The molecular formula is C7H6BFO2. The summed E-state index contributed by atoms with van der Waals surface area (Å²) < 4.78 is 12.4. The summed E-state index contributed by atoms with van der Waals surface area (Å²) in [6.07, 6.45) is 0. The molecule has 0 spiro atoms. The van der Waals surface area contributed by atoms with Crippen molar-refractivity contribution in [3.63, 3.8) is 0 Å². The van der Waals surface area contributed by atoms with E-state index >= 15 is 0 Å². The highest BCUT2D eigenvalue weighted by Crippen LogP contribution is 1.98. The van der Waals surface area contributed by atoms with E-state index in [1.165, 1.54) is 12.1 Å². The Kier molecular flexibility index (Phi) is 1.94. The molecule has 1 aromatic rings. The number of hydrogen-bond acceptors (Lipinski definition) is 1. The van der Waals surface area contributed by atoms with Gasteiger partial charge in [-0.1, -0.05) is 5.46 Å². The third kappa shape index (κ3) is 1.58. The quantitative estimate of drug-likeness (QED) is 0.565. The van der Waals surface area contributed by atoms with E-state index in [0.717, 1.165) is 6.07 Å². The first-order valence-electron chi connectivity index (χ1n) is 3.10. The van der Waals surface area contributed by atoms with E-state index in [1.807, 2.05) is 0 Å². The van der Waals surface area contributed by atoms with Gasteiger partial charge in [-0.15, -0.1) is 0 Å². The number of carbonyl (C=O) groups is 1. The maximum atomic E-state index is 12.4. The molecule has 56 valence electrons. The van der Waals surface area contributed by atoms with Crippen LogP contribution in [0.3, 0.4) is 0 Å². The Morgan fingerprint density at radius 2 is 2.18 bits per heavy atom. The van der Waals surface area contributed by atoms with Gasteiger partial charge < -0.3 is 5.11 Å². The summed E-state index contributed by atoms with van der Waals surface area (Å²) in [7, 11) is 1.56. The minimum absolute atomic E-state index is 0.145. The molecule has 1 rings (SSSR count). The van der Waals surface area contributed by atoms with Crippen molar-refractivity contribution in [2.45, 2.75) is 0 Å². The lowest BCUT2D eigenvalue weighted by molar-refractivity contribution is 0.0698. The summed E-state index contributed by atoms with van der Waals surface area (Å²) in [5, 5.41) is 8.53. The molecule has 0 heterocycles. The third-order valence-electron chi connectivity index (χ3n) is 1.42. The normalized spacial score (nSPS) is 9.55. The molecule has 0 radical (unpaired) electrons. The molecule has 0 aromatic heterocycles. The molecule has 0 bridgehead atoms. The summed E-state index contributed by atoms with van der Waals surface area (Å²) in [5.74, 6) is -1.44. The van der Waals surface area contributed by atoms with Crippen molar-refractivity contribution in [1.29, 1.82) is 0 Å². The minimum atomic E-state index is -1.03. The smallest absolute Gasteiger partial charge is 0.335 e. The van der Waals surface area contributed by atoms with Crippen LogP contribution in [0.5, 0.6) is 0 Å². The Balaban J connectivity index is 3.20. The predicted molar refractivity (Wildman–Crippen MR) is 41.5 cm³/mol. The van der Waals surface area contributed by atoms with Crippen LogP contribution in [0, 0.1) is 5.82 Å². The van der Waals surface area contributed by atoms with Gasteiger partial charge in [0.2, 0.25) is 0 Å². The summed E-state index contributed by atoms with van der Waals surface area (Å²) >= 11 is 0. The van der Waals surface area contributed by atoms with E-state index in [1.54, 1.807) is 7.85 Å².